The first kappa shape index (κ1) is 11.5. The van der Waals surface area contributed by atoms with E-state index in [-0.39, 0.29) is 24.8 Å². The second kappa shape index (κ2) is 5.20. The summed E-state index contributed by atoms with van der Waals surface area (Å²) in [5, 5.41) is 3.53. The minimum Gasteiger partial charge on any atom is -1.00 e. The van der Waals surface area contributed by atoms with E-state index in [1.807, 2.05) is 0 Å². The van der Waals surface area contributed by atoms with Crippen LogP contribution in [0.3, 0.4) is 0 Å². The molecule has 3 saturated heterocycles. The molecule has 3 fully saturated rings. The second-order valence-corrected chi connectivity index (χ2v) is 3.07. The molecule has 11 heavy (non-hydrogen) atoms. The molecule has 3 rings (SSSR count). The van der Waals surface area contributed by atoms with Gasteiger partial charge in [-0.2, -0.15) is 0 Å². The zero-order valence-electron chi connectivity index (χ0n) is 6.52. The van der Waals surface area contributed by atoms with Crippen molar-refractivity contribution in [3.8, 4) is 0 Å². The third-order valence-corrected chi connectivity index (χ3v) is 2.45. The molecule has 1 N–H and O–H groups in total. The van der Waals surface area contributed by atoms with Crippen LogP contribution in [0.15, 0.2) is 0 Å². The van der Waals surface area contributed by atoms with Gasteiger partial charge in [-0.05, 0) is 25.9 Å². The van der Waals surface area contributed by atoms with Gasteiger partial charge in [-0.1, -0.05) is 0 Å². The number of nitrogens with one attached hydrogen (secondary N) is 1. The summed E-state index contributed by atoms with van der Waals surface area (Å²) in [5.74, 6) is 0. The van der Waals surface area contributed by atoms with E-state index in [9.17, 15) is 0 Å². The predicted octanol–water partition coefficient (Wildman–Crippen LogP) is -5.94. The molecule has 0 spiro atoms. The van der Waals surface area contributed by atoms with Gasteiger partial charge in [-0.15, -0.1) is 0 Å². The Hall–Kier alpha value is 0.500. The van der Waals surface area contributed by atoms with Crippen LogP contribution in [-0.4, -0.2) is 37.1 Å². The minimum absolute atomic E-state index is 0. The van der Waals surface area contributed by atoms with Crippen LogP contribution >= 0.6 is 0 Å². The van der Waals surface area contributed by atoms with Gasteiger partial charge in [0.2, 0.25) is 0 Å². The van der Waals surface area contributed by atoms with Crippen molar-refractivity contribution >= 4 is 0 Å². The van der Waals surface area contributed by atoms with Gasteiger partial charge in [-0.3, -0.25) is 0 Å². The first-order valence-corrected chi connectivity index (χ1v) is 3.91. The molecule has 0 radical (unpaired) electrons. The SMILES string of the molecule is C1CN2CCC(CC2)N1.[Cl-].[Cl-]. The van der Waals surface area contributed by atoms with Crippen LogP contribution in [0.2, 0.25) is 0 Å². The van der Waals surface area contributed by atoms with Crippen molar-refractivity contribution in [2.75, 3.05) is 26.2 Å². The Bertz CT molecular complexity index is 85.1. The van der Waals surface area contributed by atoms with Crippen molar-refractivity contribution in [2.45, 2.75) is 18.9 Å². The van der Waals surface area contributed by atoms with Crippen LogP contribution < -0.4 is 30.1 Å². The molecule has 2 bridgehead atoms. The molecule has 3 aliphatic heterocycles. The van der Waals surface area contributed by atoms with Crippen LogP contribution in [0.4, 0.5) is 0 Å². The van der Waals surface area contributed by atoms with Crippen LogP contribution in [-0.2, 0) is 0 Å². The van der Waals surface area contributed by atoms with E-state index < -0.39 is 0 Å². The van der Waals surface area contributed by atoms with Crippen molar-refractivity contribution in [1.29, 1.82) is 0 Å². The Morgan fingerprint density at radius 1 is 1.00 bits per heavy atom. The Morgan fingerprint density at radius 3 is 2.27 bits per heavy atom. The van der Waals surface area contributed by atoms with Crippen molar-refractivity contribution in [1.82, 2.24) is 10.2 Å². The monoisotopic (exact) mass is 196 g/mol. The fourth-order valence-electron chi connectivity index (χ4n) is 1.79. The molecule has 2 nitrogen and oxygen atoms in total. The molecular formula is C7H14Cl2N2-2. The number of halogens is 2. The maximum atomic E-state index is 3.53. The van der Waals surface area contributed by atoms with Gasteiger partial charge in [0, 0.05) is 19.1 Å². The summed E-state index contributed by atoms with van der Waals surface area (Å²) in [7, 11) is 0. The standard InChI is InChI=1S/C7H14N2.2ClH/c1-4-9-5-2-7(1)8-3-6-9;;/h7-8H,1-6H2;2*1H/p-2. The number of nitrogens with zero attached hydrogens (tertiary/aromatic N) is 1. The highest BCUT2D eigenvalue weighted by molar-refractivity contribution is 4.81. The highest BCUT2D eigenvalue weighted by Crippen LogP contribution is 2.12. The zero-order valence-corrected chi connectivity index (χ0v) is 8.03. The Kier molecular flexibility index (Phi) is 5.44. The molecule has 3 aliphatic rings. The van der Waals surface area contributed by atoms with Crippen molar-refractivity contribution in [2.24, 2.45) is 0 Å². The molecule has 0 aromatic heterocycles. The molecule has 0 unspecified atom stereocenters. The fourth-order valence-corrected chi connectivity index (χ4v) is 1.79. The molecule has 0 atom stereocenters. The topological polar surface area (TPSA) is 15.3 Å². The average Bonchev–Trinajstić information content (AvgIpc) is 2.21. The number of rotatable bonds is 0. The van der Waals surface area contributed by atoms with Gasteiger partial charge in [0.05, 0.1) is 0 Å². The maximum Gasteiger partial charge on any atom is 0.0107 e. The van der Waals surface area contributed by atoms with E-state index >= 15 is 0 Å². The van der Waals surface area contributed by atoms with Crippen LogP contribution in [0.5, 0.6) is 0 Å². The summed E-state index contributed by atoms with van der Waals surface area (Å²) in [6, 6.07) is 0.851. The molecule has 0 aromatic carbocycles. The van der Waals surface area contributed by atoms with E-state index in [1.165, 1.54) is 39.0 Å². The fraction of sp³-hybridized carbons (Fsp3) is 1.00. The lowest BCUT2D eigenvalue weighted by atomic mass is 10.1. The van der Waals surface area contributed by atoms with Crippen LogP contribution in [0.25, 0.3) is 0 Å². The molecule has 0 aromatic rings. The minimum atomic E-state index is 0. The summed E-state index contributed by atoms with van der Waals surface area (Å²) in [6.07, 6.45) is 2.75. The van der Waals surface area contributed by atoms with Gasteiger partial charge >= 0.3 is 0 Å². The quantitative estimate of drug-likeness (QED) is 0.416. The lowest BCUT2D eigenvalue weighted by molar-refractivity contribution is -0.001000. The molecule has 0 amide bonds. The lowest BCUT2D eigenvalue weighted by Gasteiger charge is -2.25. The van der Waals surface area contributed by atoms with Gasteiger partial charge in [-0.25, -0.2) is 0 Å². The molecule has 0 aliphatic carbocycles. The first-order chi connectivity index (χ1) is 4.45. The van der Waals surface area contributed by atoms with E-state index in [4.69, 9.17) is 0 Å². The van der Waals surface area contributed by atoms with Crippen LogP contribution in [0.1, 0.15) is 12.8 Å². The summed E-state index contributed by atoms with van der Waals surface area (Å²) in [5.41, 5.74) is 0. The van der Waals surface area contributed by atoms with Crippen LogP contribution in [0, 0.1) is 0 Å². The predicted molar refractivity (Wildman–Crippen MR) is 37.5 cm³/mol. The number of piperidine rings is 1. The second-order valence-electron chi connectivity index (χ2n) is 3.07. The van der Waals surface area contributed by atoms with E-state index in [1.54, 1.807) is 0 Å². The van der Waals surface area contributed by atoms with Gasteiger partial charge < -0.3 is 35.0 Å². The summed E-state index contributed by atoms with van der Waals surface area (Å²) < 4.78 is 0. The Balaban J connectivity index is 0.000000500. The molecule has 3 heterocycles. The zero-order chi connectivity index (χ0) is 6.10. The smallest absolute Gasteiger partial charge is 0.0107 e. The number of hydrogen-bond donors (Lipinski definition) is 1. The molecule has 68 valence electrons. The maximum absolute atomic E-state index is 3.53. The third-order valence-electron chi connectivity index (χ3n) is 2.45. The third kappa shape index (κ3) is 2.79. The Morgan fingerprint density at radius 2 is 1.64 bits per heavy atom. The summed E-state index contributed by atoms with van der Waals surface area (Å²) >= 11 is 0. The van der Waals surface area contributed by atoms with Crippen molar-refractivity contribution in [3.63, 3.8) is 0 Å². The number of fused-ring (bicyclic) bond motifs is 4. The largest absolute Gasteiger partial charge is 1.00 e. The van der Waals surface area contributed by atoms with Gasteiger partial charge in [0.1, 0.15) is 0 Å². The van der Waals surface area contributed by atoms with Gasteiger partial charge in [0.15, 0.2) is 0 Å². The van der Waals surface area contributed by atoms with E-state index in [0.717, 1.165) is 6.04 Å². The highest BCUT2D eigenvalue weighted by atomic mass is 35.5. The molecular weight excluding hydrogens is 183 g/mol. The van der Waals surface area contributed by atoms with E-state index in [2.05, 4.69) is 10.2 Å². The highest BCUT2D eigenvalue weighted by Gasteiger charge is 2.21. The molecule has 4 heteroatoms. The first-order valence-electron chi connectivity index (χ1n) is 3.91. The lowest BCUT2D eigenvalue weighted by Crippen LogP contribution is -3.00. The number of hydrogen-bond acceptors (Lipinski definition) is 2. The molecule has 0 saturated carbocycles. The summed E-state index contributed by atoms with van der Waals surface area (Å²) in [4.78, 5) is 2.55. The van der Waals surface area contributed by atoms with Gasteiger partial charge in [0.25, 0.3) is 0 Å². The Labute approximate surface area is 80.5 Å². The van der Waals surface area contributed by atoms with E-state index in [0.29, 0.717) is 0 Å². The van der Waals surface area contributed by atoms with Crippen molar-refractivity contribution < 1.29 is 24.8 Å². The average molecular weight is 197 g/mol. The normalized spacial score (nSPS) is 34.9. The van der Waals surface area contributed by atoms with Crippen molar-refractivity contribution in [3.05, 3.63) is 0 Å². The summed E-state index contributed by atoms with van der Waals surface area (Å²) in [6.45, 7) is 5.15.